The van der Waals surface area contributed by atoms with Crippen LogP contribution in [0.2, 0.25) is 0 Å². The van der Waals surface area contributed by atoms with Crippen LogP contribution in [-0.4, -0.2) is 6.03 Å². The minimum atomic E-state index is -0.833. The minimum Gasteiger partial charge on any atom is -1.00 e. The van der Waals surface area contributed by atoms with Gasteiger partial charge in [-0.15, -0.1) is 0 Å². The third-order valence-electron chi connectivity index (χ3n) is 0. The minimum absolute atomic E-state index is 0. The number of rotatable bonds is 0. The largest absolute Gasteiger partial charge is 1.00 e. The molecule has 0 fully saturated rings. The first-order valence-electron chi connectivity index (χ1n) is 0.781. The summed E-state index contributed by atoms with van der Waals surface area (Å²) in [6.07, 6.45) is 0. The Labute approximate surface area is 125 Å². The quantitative estimate of drug-likeness (QED) is 0.368. The molecule has 0 spiro atoms. The Hall–Kier alpha value is 2.49. The zero-order valence-corrected chi connectivity index (χ0v) is 11.5. The number of carbonyl (C=O) groups excluding carboxylic acids is 1. The monoisotopic (exact) mass is 192 g/mol. The zero-order chi connectivity index (χ0) is 3.58. The standard InChI is InChI=1S/CH4N2O.2ClH.K.Na/c2-1(3)4;;;;/h(H4,2,3,4);2*1H;;/q;;;2*+1/p-2. The van der Waals surface area contributed by atoms with Gasteiger partial charge in [0.05, 0.1) is 0 Å². The summed E-state index contributed by atoms with van der Waals surface area (Å²) in [5.74, 6) is 0. The second-order valence-corrected chi connectivity index (χ2v) is 0.402. The van der Waals surface area contributed by atoms with E-state index in [0.29, 0.717) is 0 Å². The number of carbonyl (C=O) groups is 1. The Morgan fingerprint density at radius 3 is 1.12 bits per heavy atom. The molecule has 0 aromatic carbocycles. The average Bonchev–Trinajstić information content (AvgIpc) is 0.811. The Morgan fingerprint density at radius 2 is 1.12 bits per heavy atom. The Morgan fingerprint density at radius 1 is 1.12 bits per heavy atom. The van der Waals surface area contributed by atoms with Crippen LogP contribution >= 0.6 is 0 Å². The molecule has 0 saturated heterocycles. The number of halogens is 2. The summed E-state index contributed by atoms with van der Waals surface area (Å²) in [4.78, 5) is 9.00. The molecule has 0 aliphatic rings. The van der Waals surface area contributed by atoms with E-state index in [1.165, 1.54) is 0 Å². The van der Waals surface area contributed by atoms with Gasteiger partial charge in [0.15, 0.2) is 0 Å². The summed E-state index contributed by atoms with van der Waals surface area (Å²) in [7, 11) is 0. The van der Waals surface area contributed by atoms with E-state index in [1.807, 2.05) is 0 Å². The third-order valence-corrected chi connectivity index (χ3v) is 0. The van der Waals surface area contributed by atoms with Crippen LogP contribution in [0, 0.1) is 0 Å². The van der Waals surface area contributed by atoms with E-state index < -0.39 is 6.03 Å². The predicted octanol–water partition coefficient (Wildman–Crippen LogP) is -13.0. The van der Waals surface area contributed by atoms with Crippen LogP contribution < -0.4 is 117 Å². The van der Waals surface area contributed by atoms with Crippen molar-refractivity contribution in [2.24, 2.45) is 11.5 Å². The van der Waals surface area contributed by atoms with Crippen molar-refractivity contribution in [2.75, 3.05) is 0 Å². The van der Waals surface area contributed by atoms with Crippen LogP contribution in [0.1, 0.15) is 0 Å². The van der Waals surface area contributed by atoms with E-state index in [-0.39, 0.29) is 106 Å². The fourth-order valence-corrected chi connectivity index (χ4v) is 0. The van der Waals surface area contributed by atoms with Gasteiger partial charge in [0, 0.05) is 0 Å². The van der Waals surface area contributed by atoms with Crippen LogP contribution in [0.15, 0.2) is 0 Å². The molecule has 0 unspecified atom stereocenters. The molecule has 0 aliphatic carbocycles. The van der Waals surface area contributed by atoms with Gasteiger partial charge >= 0.3 is 87.0 Å². The van der Waals surface area contributed by atoms with E-state index in [4.69, 9.17) is 4.79 Å². The summed E-state index contributed by atoms with van der Waals surface area (Å²) in [5.41, 5.74) is 8.50. The van der Waals surface area contributed by atoms with E-state index in [9.17, 15) is 0 Å². The van der Waals surface area contributed by atoms with Crippen LogP contribution in [-0.2, 0) is 0 Å². The molecule has 0 radical (unpaired) electrons. The number of urea groups is 1. The number of primary amides is 2. The van der Waals surface area contributed by atoms with Crippen molar-refractivity contribution in [3.63, 3.8) is 0 Å². The van der Waals surface area contributed by atoms with Crippen molar-refractivity contribution in [3.8, 4) is 0 Å². The van der Waals surface area contributed by atoms with Gasteiger partial charge in [-0.3, -0.25) is 0 Å². The van der Waals surface area contributed by atoms with Crippen molar-refractivity contribution >= 4 is 6.03 Å². The second kappa shape index (κ2) is 22.7. The Bertz CT molecular complexity index is 43.0. The van der Waals surface area contributed by atoms with Crippen LogP contribution in [0.25, 0.3) is 0 Å². The van der Waals surface area contributed by atoms with Crippen LogP contribution in [0.4, 0.5) is 4.79 Å². The normalized spacial score (nSPS) is 3.00. The molecular formula is CH4Cl2KN2NaO. The summed E-state index contributed by atoms with van der Waals surface area (Å²) in [6, 6.07) is -0.833. The van der Waals surface area contributed by atoms with Crippen LogP contribution in [0.3, 0.4) is 0 Å². The van der Waals surface area contributed by atoms with Gasteiger partial charge in [-0.2, -0.15) is 0 Å². The number of hydrogen-bond donors (Lipinski definition) is 2. The maximum absolute atomic E-state index is 9.00. The number of nitrogens with two attached hydrogens (primary N) is 2. The average molecular weight is 193 g/mol. The molecule has 2 amide bonds. The predicted molar refractivity (Wildman–Crippen MR) is 13.8 cm³/mol. The van der Waals surface area contributed by atoms with Crippen molar-refractivity contribution in [2.45, 2.75) is 0 Å². The van der Waals surface area contributed by atoms with Crippen LogP contribution in [0.5, 0.6) is 0 Å². The zero-order valence-electron chi connectivity index (χ0n) is 4.82. The Balaban J connectivity index is -0.00000000750. The molecule has 0 atom stereocenters. The van der Waals surface area contributed by atoms with Gasteiger partial charge in [0.25, 0.3) is 0 Å². The van der Waals surface area contributed by atoms with Gasteiger partial charge in [-0.25, -0.2) is 4.79 Å². The molecule has 3 nitrogen and oxygen atoms in total. The van der Waals surface area contributed by atoms with Gasteiger partial charge in [0.1, 0.15) is 0 Å². The summed E-state index contributed by atoms with van der Waals surface area (Å²) < 4.78 is 0. The van der Waals surface area contributed by atoms with E-state index in [1.54, 1.807) is 0 Å². The topological polar surface area (TPSA) is 69.1 Å². The summed E-state index contributed by atoms with van der Waals surface area (Å²) in [6.45, 7) is 0. The number of hydrogen-bond acceptors (Lipinski definition) is 1. The first-order chi connectivity index (χ1) is 1.73. The molecule has 4 N–H and O–H groups in total. The SMILES string of the molecule is NC(N)=O.[Cl-].[Cl-].[K+].[Na+]. The first-order valence-corrected chi connectivity index (χ1v) is 0.781. The molecule has 0 heterocycles. The van der Waals surface area contributed by atoms with Crippen molar-refractivity contribution in [1.29, 1.82) is 0 Å². The molecule has 0 aromatic rings. The van der Waals surface area contributed by atoms with Gasteiger partial charge < -0.3 is 36.3 Å². The molecule has 0 aliphatic heterocycles. The molecule has 0 rings (SSSR count). The summed E-state index contributed by atoms with van der Waals surface area (Å²) >= 11 is 0. The summed E-state index contributed by atoms with van der Waals surface area (Å²) in [5, 5.41) is 0. The molecule has 0 saturated carbocycles. The second-order valence-electron chi connectivity index (χ2n) is 0.402. The van der Waals surface area contributed by atoms with Gasteiger partial charge in [-0.05, 0) is 0 Å². The molecule has 8 heavy (non-hydrogen) atoms. The van der Waals surface area contributed by atoms with Crippen molar-refractivity contribution < 1.29 is 111 Å². The van der Waals surface area contributed by atoms with Gasteiger partial charge in [-0.1, -0.05) is 0 Å². The van der Waals surface area contributed by atoms with Crippen molar-refractivity contribution in [1.82, 2.24) is 0 Å². The van der Waals surface area contributed by atoms with Crippen molar-refractivity contribution in [3.05, 3.63) is 0 Å². The first kappa shape index (κ1) is 31.4. The fourth-order valence-electron chi connectivity index (χ4n) is 0. The van der Waals surface area contributed by atoms with E-state index in [0.717, 1.165) is 0 Å². The van der Waals surface area contributed by atoms with E-state index >= 15 is 0 Å². The smallest absolute Gasteiger partial charge is 1.00 e. The third kappa shape index (κ3) is 76.9. The molecule has 0 aromatic heterocycles. The molecule has 7 heteroatoms. The molecule has 0 bridgehead atoms. The fraction of sp³-hybridized carbons (Fsp3) is 0. The Kier molecular flexibility index (Phi) is 88.9. The maximum atomic E-state index is 9.00. The maximum Gasteiger partial charge on any atom is 1.00 e. The molecule has 40 valence electrons. The van der Waals surface area contributed by atoms with Gasteiger partial charge in [0.2, 0.25) is 0 Å². The molecular weight excluding hydrogens is 189 g/mol. The number of amides is 2. The van der Waals surface area contributed by atoms with E-state index in [2.05, 4.69) is 11.5 Å².